The summed E-state index contributed by atoms with van der Waals surface area (Å²) in [5, 5.41) is 3.04. The topological polar surface area (TPSA) is 24.4 Å². The first-order chi connectivity index (χ1) is 4.93. The number of hydrogen-bond acceptors (Lipinski definition) is 2. The second-order valence-electron chi connectivity index (χ2n) is 2.64. The highest BCUT2D eigenvalue weighted by Gasteiger charge is 1.99. The normalized spacial score (nSPS) is 25.9. The van der Waals surface area contributed by atoms with Crippen LogP contribution in [-0.4, -0.2) is 12.4 Å². The lowest BCUT2D eigenvalue weighted by molar-refractivity contribution is 0.641. The lowest BCUT2D eigenvalue weighted by Crippen LogP contribution is -2.13. The van der Waals surface area contributed by atoms with Crippen LogP contribution in [0.3, 0.4) is 0 Å². The molecule has 0 amide bonds. The molecule has 0 bridgehead atoms. The van der Waals surface area contributed by atoms with E-state index in [-0.39, 0.29) is 0 Å². The van der Waals surface area contributed by atoms with Gasteiger partial charge in [0.15, 0.2) is 0 Å². The van der Waals surface area contributed by atoms with Gasteiger partial charge in [0.1, 0.15) is 0 Å². The van der Waals surface area contributed by atoms with Gasteiger partial charge in [0, 0.05) is 13.0 Å². The van der Waals surface area contributed by atoms with Crippen LogP contribution in [0.1, 0.15) is 32.1 Å². The number of nitrogens with zero attached hydrogens (tertiary/aromatic N) is 1. The lowest BCUT2D eigenvalue weighted by atomic mass is 10.1. The van der Waals surface area contributed by atoms with Crippen LogP contribution in [0.5, 0.6) is 0 Å². The van der Waals surface area contributed by atoms with Crippen LogP contribution in [0.4, 0.5) is 0 Å². The van der Waals surface area contributed by atoms with Gasteiger partial charge in [0.05, 0.1) is 5.84 Å². The maximum Gasteiger partial charge on any atom is 0.0991 e. The van der Waals surface area contributed by atoms with Crippen LogP contribution in [-0.2, 0) is 0 Å². The molecule has 2 nitrogen and oxygen atoms in total. The smallest absolute Gasteiger partial charge is 0.0991 e. The molecule has 0 aromatic carbocycles. The van der Waals surface area contributed by atoms with E-state index in [4.69, 9.17) is 0 Å². The van der Waals surface area contributed by atoms with Crippen molar-refractivity contribution < 1.29 is 0 Å². The van der Waals surface area contributed by atoms with Crippen LogP contribution in [0.2, 0.25) is 0 Å². The number of aliphatic imine (C=N–C) groups is 1. The summed E-state index contributed by atoms with van der Waals surface area (Å²) in [6, 6.07) is 0. The monoisotopic (exact) mass is 158 g/mol. The number of amidine groups is 1. The predicted molar refractivity (Wildman–Crippen MR) is 48.2 cm³/mol. The van der Waals surface area contributed by atoms with Gasteiger partial charge in [-0.3, -0.25) is 4.99 Å². The fourth-order valence-electron chi connectivity index (χ4n) is 1.17. The molecule has 0 aromatic rings. The summed E-state index contributed by atoms with van der Waals surface area (Å²) in [6.45, 7) is 1.01. The number of hydrogen-bond donors (Lipinski definition) is 1. The minimum absolute atomic E-state index is 1.01. The zero-order chi connectivity index (χ0) is 7.23. The molecular formula is C7H15N2P. The van der Waals surface area contributed by atoms with Crippen molar-refractivity contribution in [2.45, 2.75) is 32.1 Å². The Balaban J connectivity index is 2.35. The number of nitrogens with one attached hydrogen (secondary N) is 1. The second-order valence-corrected chi connectivity index (χ2v) is 2.93. The average Bonchev–Trinajstić information content (AvgIpc) is 1.87. The van der Waals surface area contributed by atoms with Crippen molar-refractivity contribution in [2.75, 3.05) is 6.54 Å². The third-order valence-corrected chi connectivity index (χ3v) is 2.12. The van der Waals surface area contributed by atoms with Gasteiger partial charge in [-0.2, -0.15) is 0 Å². The Morgan fingerprint density at radius 3 is 2.80 bits per heavy atom. The maximum atomic E-state index is 4.39. The van der Waals surface area contributed by atoms with E-state index in [0.717, 1.165) is 18.8 Å². The van der Waals surface area contributed by atoms with E-state index in [0.29, 0.717) is 0 Å². The SMILES string of the molecule is PN/C1=N/CCCCCC1. The Morgan fingerprint density at radius 1 is 1.20 bits per heavy atom. The average molecular weight is 158 g/mol. The Kier molecular flexibility index (Phi) is 3.74. The molecule has 0 radical (unpaired) electrons. The summed E-state index contributed by atoms with van der Waals surface area (Å²) >= 11 is 0. The molecule has 1 heterocycles. The Morgan fingerprint density at radius 2 is 2.00 bits per heavy atom. The molecule has 0 saturated carbocycles. The zero-order valence-electron chi connectivity index (χ0n) is 6.27. The molecule has 1 aliphatic rings. The summed E-state index contributed by atoms with van der Waals surface area (Å²) in [4.78, 5) is 4.39. The highest BCUT2D eigenvalue weighted by atomic mass is 31.0. The van der Waals surface area contributed by atoms with Crippen LogP contribution < -0.4 is 5.09 Å². The summed E-state index contributed by atoms with van der Waals surface area (Å²) in [5.41, 5.74) is 0. The molecule has 1 atom stereocenters. The van der Waals surface area contributed by atoms with Crippen molar-refractivity contribution >= 4 is 15.2 Å². The van der Waals surface area contributed by atoms with Gasteiger partial charge in [-0.05, 0) is 22.2 Å². The third kappa shape index (κ3) is 2.66. The molecule has 0 saturated heterocycles. The van der Waals surface area contributed by atoms with Crippen LogP contribution in [0, 0.1) is 0 Å². The molecule has 1 aliphatic heterocycles. The van der Waals surface area contributed by atoms with Gasteiger partial charge in [-0.15, -0.1) is 0 Å². The molecule has 10 heavy (non-hydrogen) atoms. The minimum atomic E-state index is 1.01. The zero-order valence-corrected chi connectivity index (χ0v) is 7.42. The first-order valence-corrected chi connectivity index (χ1v) is 4.51. The number of rotatable bonds is 0. The molecule has 58 valence electrons. The molecule has 0 fully saturated rings. The van der Waals surface area contributed by atoms with Crippen LogP contribution in [0.25, 0.3) is 0 Å². The lowest BCUT2D eigenvalue weighted by Gasteiger charge is -2.08. The molecule has 1 unspecified atom stereocenters. The van der Waals surface area contributed by atoms with E-state index in [2.05, 4.69) is 19.5 Å². The van der Waals surface area contributed by atoms with Crippen molar-refractivity contribution in [3.05, 3.63) is 0 Å². The van der Waals surface area contributed by atoms with Crippen LogP contribution in [0.15, 0.2) is 4.99 Å². The highest BCUT2D eigenvalue weighted by Crippen LogP contribution is 2.07. The van der Waals surface area contributed by atoms with Gasteiger partial charge in [0.25, 0.3) is 0 Å². The van der Waals surface area contributed by atoms with E-state index in [1.54, 1.807) is 0 Å². The standard InChI is InChI=1S/C7H15N2P/c10-9-7-5-3-1-2-4-6-8-7/h1-6,10H2,(H,8,9). The molecule has 1 rings (SSSR count). The summed E-state index contributed by atoms with van der Waals surface area (Å²) in [7, 11) is 2.51. The largest absolute Gasteiger partial charge is 0.358 e. The van der Waals surface area contributed by atoms with E-state index < -0.39 is 0 Å². The van der Waals surface area contributed by atoms with E-state index >= 15 is 0 Å². The summed E-state index contributed by atoms with van der Waals surface area (Å²) < 4.78 is 0. The van der Waals surface area contributed by atoms with Crippen LogP contribution >= 0.6 is 9.39 Å². The quantitative estimate of drug-likeness (QED) is 0.533. The Labute approximate surface area is 64.8 Å². The van der Waals surface area contributed by atoms with Gasteiger partial charge in [-0.25, -0.2) is 0 Å². The molecule has 0 aliphatic carbocycles. The van der Waals surface area contributed by atoms with Gasteiger partial charge < -0.3 is 5.09 Å². The first kappa shape index (κ1) is 8.00. The van der Waals surface area contributed by atoms with Crippen molar-refractivity contribution in [3.63, 3.8) is 0 Å². The Bertz CT molecular complexity index is 123. The first-order valence-electron chi connectivity index (χ1n) is 3.93. The molecule has 1 N–H and O–H groups in total. The van der Waals surface area contributed by atoms with Crippen molar-refractivity contribution in [2.24, 2.45) is 4.99 Å². The minimum Gasteiger partial charge on any atom is -0.358 e. The molecule has 0 aromatic heterocycles. The van der Waals surface area contributed by atoms with Gasteiger partial charge in [0.2, 0.25) is 0 Å². The fourth-order valence-corrected chi connectivity index (χ4v) is 1.40. The van der Waals surface area contributed by atoms with Gasteiger partial charge in [-0.1, -0.05) is 12.8 Å². The van der Waals surface area contributed by atoms with E-state index in [1.165, 1.54) is 25.7 Å². The summed E-state index contributed by atoms with van der Waals surface area (Å²) in [5.74, 6) is 1.16. The highest BCUT2D eigenvalue weighted by molar-refractivity contribution is 7.15. The van der Waals surface area contributed by atoms with E-state index in [1.807, 2.05) is 0 Å². The van der Waals surface area contributed by atoms with E-state index in [9.17, 15) is 0 Å². The third-order valence-electron chi connectivity index (χ3n) is 1.79. The predicted octanol–water partition coefficient (Wildman–Crippen LogP) is 1.73. The molecular weight excluding hydrogens is 143 g/mol. The summed E-state index contributed by atoms with van der Waals surface area (Å²) in [6.07, 6.45) is 6.40. The fraction of sp³-hybridized carbons (Fsp3) is 0.857. The van der Waals surface area contributed by atoms with Gasteiger partial charge >= 0.3 is 0 Å². The second kappa shape index (κ2) is 4.68. The Hall–Kier alpha value is -0.100. The van der Waals surface area contributed by atoms with Crippen molar-refractivity contribution in [1.29, 1.82) is 0 Å². The molecule has 3 heteroatoms. The maximum absolute atomic E-state index is 4.39. The van der Waals surface area contributed by atoms with Crippen molar-refractivity contribution in [1.82, 2.24) is 5.09 Å². The van der Waals surface area contributed by atoms with Crippen molar-refractivity contribution in [3.8, 4) is 0 Å². The molecule has 0 spiro atoms.